The normalized spacial score (nSPS) is 10.1. The van der Waals surface area contributed by atoms with Crippen LogP contribution in [0, 0.1) is 13.8 Å². The molecule has 0 aliphatic carbocycles. The van der Waals surface area contributed by atoms with Crippen LogP contribution >= 0.6 is 27.5 Å². The van der Waals surface area contributed by atoms with Gasteiger partial charge in [-0.2, -0.15) is 0 Å². The van der Waals surface area contributed by atoms with Crippen molar-refractivity contribution in [3.05, 3.63) is 27.2 Å². The molecule has 0 aliphatic rings. The zero-order valence-corrected chi connectivity index (χ0v) is 10.5. The number of rotatable bonds is 2. The van der Waals surface area contributed by atoms with Gasteiger partial charge in [0.1, 0.15) is 5.75 Å². The second-order valence-corrected chi connectivity index (χ2v) is 4.12. The molecule has 0 fully saturated rings. The smallest absolute Gasteiger partial charge is 0.256 e. The predicted octanol–water partition coefficient (Wildman–Crippen LogP) is 3.45. The summed E-state index contributed by atoms with van der Waals surface area (Å²) in [7, 11) is 1.51. The number of carbonyl (C=O) groups excluding carboxylic acids is 1. The third kappa shape index (κ3) is 1.93. The first-order valence-corrected chi connectivity index (χ1v) is 5.19. The van der Waals surface area contributed by atoms with E-state index in [1.807, 2.05) is 13.8 Å². The van der Waals surface area contributed by atoms with Gasteiger partial charge in [-0.3, -0.25) is 4.79 Å². The molecule has 0 aliphatic heterocycles. The van der Waals surface area contributed by atoms with E-state index in [4.69, 9.17) is 16.3 Å². The average molecular weight is 278 g/mol. The minimum atomic E-state index is -0.509. The minimum absolute atomic E-state index is 0.393. The fourth-order valence-corrected chi connectivity index (χ4v) is 2.03. The Hall–Kier alpha value is -0.540. The van der Waals surface area contributed by atoms with Crippen LogP contribution in [0.4, 0.5) is 0 Å². The van der Waals surface area contributed by atoms with Crippen molar-refractivity contribution < 1.29 is 9.53 Å². The molecule has 2 nitrogen and oxygen atoms in total. The Morgan fingerprint density at radius 1 is 1.50 bits per heavy atom. The van der Waals surface area contributed by atoms with Crippen LogP contribution in [0.1, 0.15) is 21.5 Å². The molecule has 0 spiro atoms. The molecule has 1 aromatic rings. The average Bonchev–Trinajstić information content (AvgIpc) is 2.13. The van der Waals surface area contributed by atoms with Crippen LogP contribution in [-0.2, 0) is 0 Å². The molecule has 1 aromatic carbocycles. The van der Waals surface area contributed by atoms with Gasteiger partial charge in [0.25, 0.3) is 5.24 Å². The molecule has 0 radical (unpaired) electrons. The molecule has 76 valence electrons. The maximum atomic E-state index is 11.1. The van der Waals surface area contributed by atoms with E-state index in [1.54, 1.807) is 6.07 Å². The summed E-state index contributed by atoms with van der Waals surface area (Å²) in [4.78, 5) is 11.1. The van der Waals surface area contributed by atoms with E-state index in [0.29, 0.717) is 11.3 Å². The van der Waals surface area contributed by atoms with Crippen LogP contribution in [0.2, 0.25) is 0 Å². The molecule has 0 saturated heterocycles. The summed E-state index contributed by atoms with van der Waals surface area (Å²) >= 11 is 8.82. The number of hydrogen-bond donors (Lipinski definition) is 0. The van der Waals surface area contributed by atoms with Crippen LogP contribution < -0.4 is 4.74 Å². The van der Waals surface area contributed by atoms with Gasteiger partial charge in [-0.1, -0.05) is 0 Å². The fourth-order valence-electron chi connectivity index (χ4n) is 1.20. The van der Waals surface area contributed by atoms with Crippen molar-refractivity contribution in [3.63, 3.8) is 0 Å². The highest BCUT2D eigenvalue weighted by Gasteiger charge is 2.16. The minimum Gasteiger partial charge on any atom is -0.495 e. The third-order valence-electron chi connectivity index (χ3n) is 2.14. The summed E-state index contributed by atoms with van der Waals surface area (Å²) in [5.41, 5.74) is 2.44. The molecule has 0 amide bonds. The Morgan fingerprint density at radius 2 is 2.07 bits per heavy atom. The number of halogens is 2. The summed E-state index contributed by atoms with van der Waals surface area (Å²) < 4.78 is 5.90. The number of aryl methyl sites for hydroxylation is 1. The monoisotopic (exact) mass is 276 g/mol. The largest absolute Gasteiger partial charge is 0.495 e. The lowest BCUT2D eigenvalue weighted by molar-refractivity contribution is 0.107. The second-order valence-electron chi connectivity index (χ2n) is 2.99. The lowest BCUT2D eigenvalue weighted by Gasteiger charge is -2.12. The highest BCUT2D eigenvalue weighted by atomic mass is 79.9. The quantitative estimate of drug-likeness (QED) is 0.774. The van der Waals surface area contributed by atoms with Crippen LogP contribution in [0.5, 0.6) is 5.75 Å². The van der Waals surface area contributed by atoms with Crippen LogP contribution in [0.25, 0.3) is 0 Å². The van der Waals surface area contributed by atoms with Gasteiger partial charge >= 0.3 is 0 Å². The number of carbonyl (C=O) groups is 1. The summed E-state index contributed by atoms with van der Waals surface area (Å²) in [6.07, 6.45) is 0. The maximum Gasteiger partial charge on any atom is 0.256 e. The standard InChI is InChI=1S/C10H10BrClO2/c1-5-4-7(10(12)13)9(14-3)8(11)6(5)2/h4H,1-3H3. The van der Waals surface area contributed by atoms with Crippen molar-refractivity contribution in [2.45, 2.75) is 13.8 Å². The predicted molar refractivity (Wildman–Crippen MR) is 60.4 cm³/mol. The van der Waals surface area contributed by atoms with Gasteiger partial charge in [0.05, 0.1) is 17.1 Å². The van der Waals surface area contributed by atoms with E-state index >= 15 is 0 Å². The van der Waals surface area contributed by atoms with E-state index in [1.165, 1.54) is 7.11 Å². The Balaban J connectivity index is 3.51. The zero-order chi connectivity index (χ0) is 10.9. The third-order valence-corrected chi connectivity index (χ3v) is 3.30. The summed E-state index contributed by atoms with van der Waals surface area (Å²) in [5, 5.41) is -0.509. The Morgan fingerprint density at radius 3 is 2.50 bits per heavy atom. The van der Waals surface area contributed by atoms with Crippen molar-refractivity contribution >= 4 is 32.8 Å². The number of hydrogen-bond acceptors (Lipinski definition) is 2. The zero-order valence-electron chi connectivity index (χ0n) is 8.15. The molecule has 0 N–H and O–H groups in total. The molecule has 0 aromatic heterocycles. The Kier molecular flexibility index (Phi) is 3.56. The summed E-state index contributed by atoms with van der Waals surface area (Å²) in [5.74, 6) is 0.494. The maximum absolute atomic E-state index is 11.1. The molecule has 0 bridgehead atoms. The number of methoxy groups -OCH3 is 1. The molecule has 1 rings (SSSR count). The van der Waals surface area contributed by atoms with Crippen molar-refractivity contribution in [1.82, 2.24) is 0 Å². The van der Waals surface area contributed by atoms with Crippen molar-refractivity contribution in [3.8, 4) is 5.75 Å². The number of benzene rings is 1. The number of ether oxygens (including phenoxy) is 1. The second kappa shape index (κ2) is 4.32. The van der Waals surface area contributed by atoms with E-state index in [-0.39, 0.29) is 0 Å². The van der Waals surface area contributed by atoms with Crippen molar-refractivity contribution in [2.75, 3.05) is 7.11 Å². The van der Waals surface area contributed by atoms with Gasteiger partial charge in [-0.15, -0.1) is 0 Å². The molecule has 4 heteroatoms. The Labute approximate surface area is 96.3 Å². The first-order chi connectivity index (χ1) is 6.49. The van der Waals surface area contributed by atoms with Gasteiger partial charge in [0.15, 0.2) is 0 Å². The molecule has 14 heavy (non-hydrogen) atoms. The van der Waals surface area contributed by atoms with E-state index in [0.717, 1.165) is 15.6 Å². The highest BCUT2D eigenvalue weighted by Crippen LogP contribution is 2.34. The molecule has 0 heterocycles. The van der Waals surface area contributed by atoms with Gasteiger partial charge in [0.2, 0.25) is 0 Å². The van der Waals surface area contributed by atoms with Gasteiger partial charge < -0.3 is 4.74 Å². The van der Waals surface area contributed by atoms with E-state index in [9.17, 15) is 4.79 Å². The molecule has 0 saturated carbocycles. The molecule has 0 atom stereocenters. The SMILES string of the molecule is COc1c(C(=O)Cl)cc(C)c(C)c1Br. The van der Waals surface area contributed by atoms with Crippen molar-refractivity contribution in [2.24, 2.45) is 0 Å². The van der Waals surface area contributed by atoms with Gasteiger partial charge in [-0.05, 0) is 58.6 Å². The van der Waals surface area contributed by atoms with E-state index in [2.05, 4.69) is 15.9 Å². The Bertz CT molecular complexity index is 388. The van der Waals surface area contributed by atoms with Crippen LogP contribution in [-0.4, -0.2) is 12.4 Å². The summed E-state index contributed by atoms with van der Waals surface area (Å²) in [6, 6.07) is 1.73. The van der Waals surface area contributed by atoms with Crippen LogP contribution in [0.3, 0.4) is 0 Å². The summed E-state index contributed by atoms with van der Waals surface area (Å²) in [6.45, 7) is 3.87. The first kappa shape index (κ1) is 11.5. The lowest BCUT2D eigenvalue weighted by atomic mass is 10.1. The van der Waals surface area contributed by atoms with Crippen molar-refractivity contribution in [1.29, 1.82) is 0 Å². The molecular weight excluding hydrogens is 267 g/mol. The topological polar surface area (TPSA) is 26.3 Å². The van der Waals surface area contributed by atoms with E-state index < -0.39 is 5.24 Å². The molecular formula is C10H10BrClO2. The van der Waals surface area contributed by atoms with Gasteiger partial charge in [0, 0.05) is 0 Å². The van der Waals surface area contributed by atoms with Gasteiger partial charge in [-0.25, -0.2) is 0 Å². The van der Waals surface area contributed by atoms with Crippen LogP contribution in [0.15, 0.2) is 10.5 Å². The fraction of sp³-hybridized carbons (Fsp3) is 0.300. The molecule has 0 unspecified atom stereocenters. The first-order valence-electron chi connectivity index (χ1n) is 4.02. The lowest BCUT2D eigenvalue weighted by Crippen LogP contribution is -1.99. The highest BCUT2D eigenvalue weighted by molar-refractivity contribution is 9.10.